The van der Waals surface area contributed by atoms with Crippen LogP contribution in [0.1, 0.15) is 39.0 Å². The molecule has 0 bridgehead atoms. The molecule has 0 fully saturated rings. The van der Waals surface area contributed by atoms with Crippen molar-refractivity contribution in [1.29, 1.82) is 0 Å². The van der Waals surface area contributed by atoms with Gasteiger partial charge in [-0.3, -0.25) is 4.79 Å². The summed E-state index contributed by atoms with van der Waals surface area (Å²) in [4.78, 5) is 11.6. The maximum absolute atomic E-state index is 11.6. The van der Waals surface area contributed by atoms with Crippen LogP contribution >= 0.6 is 0 Å². The standard InChI is InChI=1S/C11H19NO2/c1-2-12-10(13)11(14)8-6-4-3-5-7-9-11/h3-4,14H,2,5-9H2,1H3,(H,12,13)/b4-3+/t11-/m0/s1. The van der Waals surface area contributed by atoms with Crippen molar-refractivity contribution in [1.82, 2.24) is 5.32 Å². The highest BCUT2D eigenvalue weighted by Crippen LogP contribution is 2.23. The Morgan fingerprint density at radius 3 is 2.86 bits per heavy atom. The van der Waals surface area contributed by atoms with Crippen LogP contribution in [0.3, 0.4) is 0 Å². The number of amides is 1. The molecular weight excluding hydrogens is 178 g/mol. The van der Waals surface area contributed by atoms with Crippen molar-refractivity contribution >= 4 is 5.91 Å². The minimum atomic E-state index is -1.14. The Balaban J connectivity index is 2.60. The lowest BCUT2D eigenvalue weighted by Crippen LogP contribution is -2.46. The third-order valence-corrected chi connectivity index (χ3v) is 2.61. The smallest absolute Gasteiger partial charge is 0.251 e. The van der Waals surface area contributed by atoms with E-state index < -0.39 is 5.60 Å². The first-order chi connectivity index (χ1) is 6.69. The second-order valence-electron chi connectivity index (χ2n) is 3.79. The first-order valence-corrected chi connectivity index (χ1v) is 5.35. The molecule has 2 N–H and O–H groups in total. The molecule has 0 aromatic carbocycles. The number of rotatable bonds is 2. The molecule has 0 unspecified atom stereocenters. The van der Waals surface area contributed by atoms with Crippen LogP contribution in [-0.4, -0.2) is 23.2 Å². The number of likely N-dealkylation sites (N-methyl/N-ethyl adjacent to an activating group) is 1. The molecule has 0 aromatic heterocycles. The molecule has 14 heavy (non-hydrogen) atoms. The van der Waals surface area contributed by atoms with E-state index in [-0.39, 0.29) is 5.91 Å². The minimum absolute atomic E-state index is 0.213. The van der Waals surface area contributed by atoms with E-state index in [1.807, 2.05) is 13.0 Å². The van der Waals surface area contributed by atoms with E-state index in [9.17, 15) is 9.90 Å². The number of aliphatic hydroxyl groups is 1. The molecule has 0 spiro atoms. The molecule has 1 aliphatic rings. The summed E-state index contributed by atoms with van der Waals surface area (Å²) in [6.07, 6.45) is 7.90. The van der Waals surface area contributed by atoms with Crippen LogP contribution in [0, 0.1) is 0 Å². The van der Waals surface area contributed by atoms with Gasteiger partial charge >= 0.3 is 0 Å². The highest BCUT2D eigenvalue weighted by atomic mass is 16.3. The van der Waals surface area contributed by atoms with Gasteiger partial charge in [0.05, 0.1) is 0 Å². The maximum atomic E-state index is 11.6. The zero-order chi connectivity index (χ0) is 10.4. The molecule has 1 atom stereocenters. The largest absolute Gasteiger partial charge is 0.380 e. The molecular formula is C11H19NO2. The topological polar surface area (TPSA) is 49.3 Å². The van der Waals surface area contributed by atoms with Crippen LogP contribution in [0.5, 0.6) is 0 Å². The van der Waals surface area contributed by atoms with Gasteiger partial charge < -0.3 is 10.4 Å². The van der Waals surface area contributed by atoms with Crippen molar-refractivity contribution in [3.8, 4) is 0 Å². The predicted molar refractivity (Wildman–Crippen MR) is 55.9 cm³/mol. The van der Waals surface area contributed by atoms with Crippen LogP contribution in [-0.2, 0) is 4.79 Å². The van der Waals surface area contributed by atoms with Crippen molar-refractivity contribution < 1.29 is 9.90 Å². The van der Waals surface area contributed by atoms with Crippen LogP contribution in [0.2, 0.25) is 0 Å². The van der Waals surface area contributed by atoms with Crippen LogP contribution in [0.4, 0.5) is 0 Å². The second kappa shape index (κ2) is 5.15. The SMILES string of the molecule is CCNC(=O)[C@]1(O)CC/C=C/CCC1. The van der Waals surface area contributed by atoms with Crippen LogP contribution in [0.15, 0.2) is 12.2 Å². The van der Waals surface area contributed by atoms with Gasteiger partial charge in [-0.05, 0) is 39.0 Å². The molecule has 0 saturated heterocycles. The molecule has 3 heteroatoms. The number of allylic oxidation sites excluding steroid dienone is 2. The Kier molecular flexibility index (Phi) is 4.14. The van der Waals surface area contributed by atoms with E-state index in [2.05, 4.69) is 11.4 Å². The molecule has 3 nitrogen and oxygen atoms in total. The zero-order valence-electron chi connectivity index (χ0n) is 8.75. The Bertz CT molecular complexity index is 225. The maximum Gasteiger partial charge on any atom is 0.251 e. The van der Waals surface area contributed by atoms with Gasteiger partial charge in [0, 0.05) is 6.54 Å². The van der Waals surface area contributed by atoms with Crippen molar-refractivity contribution in [2.75, 3.05) is 6.54 Å². The van der Waals surface area contributed by atoms with Gasteiger partial charge in [-0.2, -0.15) is 0 Å². The molecule has 0 saturated carbocycles. The fourth-order valence-corrected chi connectivity index (χ4v) is 1.75. The molecule has 1 rings (SSSR count). The summed E-state index contributed by atoms with van der Waals surface area (Å²) >= 11 is 0. The van der Waals surface area contributed by atoms with Gasteiger partial charge in [0.2, 0.25) is 0 Å². The number of hydrogen-bond donors (Lipinski definition) is 2. The van der Waals surface area contributed by atoms with Gasteiger partial charge in [-0.1, -0.05) is 12.2 Å². The predicted octanol–water partition coefficient (Wildman–Crippen LogP) is 1.37. The fraction of sp³-hybridized carbons (Fsp3) is 0.727. The summed E-state index contributed by atoms with van der Waals surface area (Å²) in [5.41, 5.74) is -1.14. The fourth-order valence-electron chi connectivity index (χ4n) is 1.75. The molecule has 80 valence electrons. The molecule has 1 aliphatic carbocycles. The number of nitrogens with one attached hydrogen (secondary N) is 1. The highest BCUT2D eigenvalue weighted by Gasteiger charge is 2.34. The Morgan fingerprint density at radius 2 is 2.14 bits per heavy atom. The molecule has 0 aromatic rings. The van der Waals surface area contributed by atoms with Crippen molar-refractivity contribution in [3.63, 3.8) is 0 Å². The quantitative estimate of drug-likeness (QED) is 0.657. The Hall–Kier alpha value is -0.830. The van der Waals surface area contributed by atoms with Crippen molar-refractivity contribution in [2.24, 2.45) is 0 Å². The second-order valence-corrected chi connectivity index (χ2v) is 3.79. The first kappa shape index (κ1) is 11.2. The molecule has 1 amide bonds. The summed E-state index contributed by atoms with van der Waals surface area (Å²) in [6, 6.07) is 0. The zero-order valence-corrected chi connectivity index (χ0v) is 8.75. The Morgan fingerprint density at radius 1 is 1.43 bits per heavy atom. The molecule has 0 aliphatic heterocycles. The number of carbonyl (C=O) groups excluding carboxylic acids is 1. The van der Waals surface area contributed by atoms with Gasteiger partial charge in [-0.15, -0.1) is 0 Å². The van der Waals surface area contributed by atoms with Gasteiger partial charge in [-0.25, -0.2) is 0 Å². The van der Waals surface area contributed by atoms with Gasteiger partial charge in [0.25, 0.3) is 5.91 Å². The lowest BCUT2D eigenvalue weighted by atomic mass is 9.88. The van der Waals surface area contributed by atoms with E-state index in [4.69, 9.17) is 0 Å². The monoisotopic (exact) mass is 197 g/mol. The van der Waals surface area contributed by atoms with E-state index in [0.29, 0.717) is 19.4 Å². The molecule has 0 heterocycles. The third kappa shape index (κ3) is 2.84. The molecule has 0 radical (unpaired) electrons. The summed E-state index contributed by atoms with van der Waals surface area (Å²) in [6.45, 7) is 2.45. The highest BCUT2D eigenvalue weighted by molar-refractivity contribution is 5.84. The van der Waals surface area contributed by atoms with Crippen LogP contribution in [0.25, 0.3) is 0 Å². The van der Waals surface area contributed by atoms with E-state index >= 15 is 0 Å². The summed E-state index contributed by atoms with van der Waals surface area (Å²) in [5, 5.41) is 12.8. The van der Waals surface area contributed by atoms with E-state index in [1.165, 1.54) is 0 Å². The van der Waals surface area contributed by atoms with Crippen molar-refractivity contribution in [3.05, 3.63) is 12.2 Å². The average Bonchev–Trinajstić information content (AvgIpc) is 2.12. The first-order valence-electron chi connectivity index (χ1n) is 5.35. The van der Waals surface area contributed by atoms with Gasteiger partial charge in [0.1, 0.15) is 5.60 Å². The Labute approximate surface area is 85.2 Å². The summed E-state index contributed by atoms with van der Waals surface area (Å²) < 4.78 is 0. The normalized spacial score (nSPS) is 30.1. The number of carbonyl (C=O) groups is 1. The summed E-state index contributed by atoms with van der Waals surface area (Å²) in [7, 11) is 0. The van der Waals surface area contributed by atoms with E-state index in [0.717, 1.165) is 19.3 Å². The van der Waals surface area contributed by atoms with Crippen molar-refractivity contribution in [2.45, 2.75) is 44.6 Å². The van der Waals surface area contributed by atoms with Gasteiger partial charge in [0.15, 0.2) is 0 Å². The lowest BCUT2D eigenvalue weighted by molar-refractivity contribution is -0.141. The summed E-state index contributed by atoms with van der Waals surface area (Å²) in [5.74, 6) is -0.213. The average molecular weight is 197 g/mol. The number of hydrogen-bond acceptors (Lipinski definition) is 2. The van der Waals surface area contributed by atoms with Crippen LogP contribution < -0.4 is 5.32 Å². The lowest BCUT2D eigenvalue weighted by Gasteiger charge is -2.27. The minimum Gasteiger partial charge on any atom is -0.380 e. The van der Waals surface area contributed by atoms with E-state index in [1.54, 1.807) is 0 Å². The third-order valence-electron chi connectivity index (χ3n) is 2.61.